The van der Waals surface area contributed by atoms with Crippen LogP contribution in [0.15, 0.2) is 36.4 Å². The third-order valence-electron chi connectivity index (χ3n) is 4.09. The van der Waals surface area contributed by atoms with Crippen molar-refractivity contribution in [3.8, 4) is 0 Å². The molecule has 0 fully saturated rings. The molecule has 0 aliphatic heterocycles. The predicted octanol–water partition coefficient (Wildman–Crippen LogP) is 5.98. The predicted molar refractivity (Wildman–Crippen MR) is 78.7 cm³/mol. The first-order chi connectivity index (χ1) is 11.4. The van der Waals surface area contributed by atoms with Gasteiger partial charge in [-0.05, 0) is 10.8 Å². The third-order valence-corrected chi connectivity index (χ3v) is 4.09. The van der Waals surface area contributed by atoms with Gasteiger partial charge < -0.3 is 0 Å². The van der Waals surface area contributed by atoms with E-state index in [2.05, 4.69) is 0 Å². The molecule has 6 heteroatoms. The highest BCUT2D eigenvalue weighted by Crippen LogP contribution is 2.39. The third kappa shape index (κ3) is 1.71. The van der Waals surface area contributed by atoms with E-state index in [0.717, 1.165) is 0 Å². The van der Waals surface area contributed by atoms with Crippen molar-refractivity contribution >= 4 is 32.3 Å². The second kappa shape index (κ2) is 4.87. The minimum Gasteiger partial charge on any atom is -0.203 e. The van der Waals surface area contributed by atoms with Gasteiger partial charge >= 0.3 is 0 Å². The molecule has 0 aromatic heterocycles. The lowest BCUT2D eigenvalue weighted by Crippen LogP contribution is -2.03. The highest BCUT2D eigenvalue weighted by atomic mass is 19.2. The summed E-state index contributed by atoms with van der Waals surface area (Å²) < 4.78 is 84.0. The maximum atomic E-state index is 14.3. The van der Waals surface area contributed by atoms with Crippen molar-refractivity contribution in [2.75, 3.05) is 0 Å². The Labute approximate surface area is 130 Å². The molecule has 0 aliphatic carbocycles. The molecule has 0 amide bonds. The van der Waals surface area contributed by atoms with Crippen molar-refractivity contribution in [3.05, 3.63) is 71.3 Å². The molecule has 24 heavy (non-hydrogen) atoms. The molecule has 0 atom stereocenters. The van der Waals surface area contributed by atoms with Crippen LogP contribution in [0.5, 0.6) is 0 Å². The van der Waals surface area contributed by atoms with Gasteiger partial charge in [-0.25, -0.2) is 26.3 Å². The minimum absolute atomic E-state index is 0.211. The largest absolute Gasteiger partial charge is 0.203 e. The van der Waals surface area contributed by atoms with E-state index in [1.165, 1.54) is 18.2 Å². The van der Waals surface area contributed by atoms with Gasteiger partial charge in [0.2, 0.25) is 0 Å². The van der Waals surface area contributed by atoms with E-state index in [0.29, 0.717) is 5.39 Å². The van der Waals surface area contributed by atoms with E-state index in [-0.39, 0.29) is 16.2 Å². The van der Waals surface area contributed by atoms with Crippen LogP contribution in [0.2, 0.25) is 0 Å². The highest BCUT2D eigenvalue weighted by Gasteiger charge is 2.28. The number of halogens is 6. The molecule has 4 aromatic rings. The molecule has 0 N–H and O–H groups in total. The van der Waals surface area contributed by atoms with E-state index >= 15 is 0 Å². The summed E-state index contributed by atoms with van der Waals surface area (Å²) >= 11 is 0. The number of hydrogen-bond donors (Lipinski definition) is 0. The molecule has 0 heterocycles. The summed E-state index contributed by atoms with van der Waals surface area (Å²) in [5.74, 6) is -11.2. The first-order valence-corrected chi connectivity index (χ1v) is 6.87. The smallest absolute Gasteiger partial charge is 0.198 e. The maximum Gasteiger partial charge on any atom is 0.198 e. The Morgan fingerprint density at radius 1 is 0.417 bits per heavy atom. The van der Waals surface area contributed by atoms with Crippen LogP contribution in [0, 0.1) is 34.9 Å². The molecule has 0 bridgehead atoms. The highest BCUT2D eigenvalue weighted by molar-refractivity contribution is 6.20. The summed E-state index contributed by atoms with van der Waals surface area (Å²) in [7, 11) is 0. The summed E-state index contributed by atoms with van der Waals surface area (Å²) in [6.45, 7) is 0. The average Bonchev–Trinajstić information content (AvgIpc) is 2.60. The van der Waals surface area contributed by atoms with Crippen molar-refractivity contribution in [2.24, 2.45) is 0 Å². The Balaban J connectivity index is 2.48. The van der Waals surface area contributed by atoms with Gasteiger partial charge in [0, 0.05) is 16.2 Å². The Morgan fingerprint density at radius 2 is 1.00 bits per heavy atom. The summed E-state index contributed by atoms with van der Waals surface area (Å²) in [6, 6.07) is 8.98. The van der Waals surface area contributed by atoms with Gasteiger partial charge in [0.05, 0.1) is 5.39 Å². The van der Waals surface area contributed by atoms with Crippen LogP contribution in [-0.4, -0.2) is 0 Å². The van der Waals surface area contributed by atoms with Crippen molar-refractivity contribution in [1.82, 2.24) is 0 Å². The molecule has 120 valence electrons. The normalized spacial score (nSPS) is 11.8. The molecular formula is C18H6F6. The van der Waals surface area contributed by atoms with Crippen LogP contribution in [0.1, 0.15) is 0 Å². The van der Waals surface area contributed by atoms with E-state index in [1.54, 1.807) is 18.2 Å². The second-order valence-corrected chi connectivity index (χ2v) is 5.34. The monoisotopic (exact) mass is 336 g/mol. The molecule has 0 spiro atoms. The number of hydrogen-bond acceptors (Lipinski definition) is 0. The number of rotatable bonds is 0. The molecule has 0 radical (unpaired) electrons. The first kappa shape index (κ1) is 14.8. The second-order valence-electron chi connectivity index (χ2n) is 5.34. The van der Waals surface area contributed by atoms with Crippen LogP contribution in [0.4, 0.5) is 26.3 Å². The summed E-state index contributed by atoms with van der Waals surface area (Å²) in [4.78, 5) is 0. The SMILES string of the molecule is Fc1c(F)c(F)c2c(c1F)c(F)c(F)c1ccc3ccccc3c12. The summed E-state index contributed by atoms with van der Waals surface area (Å²) in [5, 5.41) is -1.82. The van der Waals surface area contributed by atoms with Crippen LogP contribution in [0.25, 0.3) is 32.3 Å². The zero-order valence-corrected chi connectivity index (χ0v) is 11.7. The van der Waals surface area contributed by atoms with Gasteiger partial charge in [-0.15, -0.1) is 0 Å². The lowest BCUT2D eigenvalue weighted by molar-refractivity contribution is 0.415. The van der Waals surface area contributed by atoms with Gasteiger partial charge in [-0.2, -0.15) is 0 Å². The minimum atomic E-state index is -2.18. The molecule has 0 saturated carbocycles. The van der Waals surface area contributed by atoms with E-state index < -0.39 is 45.7 Å². The lowest BCUT2D eigenvalue weighted by Gasteiger charge is -2.13. The van der Waals surface area contributed by atoms with Gasteiger partial charge in [-0.1, -0.05) is 36.4 Å². The lowest BCUT2D eigenvalue weighted by atomic mass is 9.94. The first-order valence-electron chi connectivity index (χ1n) is 6.87. The summed E-state index contributed by atoms with van der Waals surface area (Å²) in [5.41, 5.74) is 0. The van der Waals surface area contributed by atoms with Crippen LogP contribution in [-0.2, 0) is 0 Å². The zero-order chi connectivity index (χ0) is 17.2. The maximum absolute atomic E-state index is 14.3. The average molecular weight is 336 g/mol. The van der Waals surface area contributed by atoms with Gasteiger partial charge in [0.25, 0.3) is 0 Å². The Bertz CT molecular complexity index is 1160. The van der Waals surface area contributed by atoms with Crippen LogP contribution in [0.3, 0.4) is 0 Å². The van der Waals surface area contributed by atoms with Gasteiger partial charge in [0.15, 0.2) is 34.9 Å². The van der Waals surface area contributed by atoms with Gasteiger partial charge in [-0.3, -0.25) is 0 Å². The Hall–Kier alpha value is -2.76. The van der Waals surface area contributed by atoms with E-state index in [1.807, 2.05) is 0 Å². The molecule has 0 saturated heterocycles. The van der Waals surface area contributed by atoms with Crippen molar-refractivity contribution in [3.63, 3.8) is 0 Å². The molecule has 4 rings (SSSR count). The molecule has 4 aromatic carbocycles. The fourth-order valence-corrected chi connectivity index (χ4v) is 3.02. The van der Waals surface area contributed by atoms with Crippen molar-refractivity contribution < 1.29 is 26.3 Å². The van der Waals surface area contributed by atoms with E-state index in [4.69, 9.17) is 0 Å². The quantitative estimate of drug-likeness (QED) is 0.160. The fraction of sp³-hybridized carbons (Fsp3) is 0. The summed E-state index contributed by atoms with van der Waals surface area (Å²) in [6.07, 6.45) is 0. The molecule has 0 unspecified atom stereocenters. The molecule has 0 nitrogen and oxygen atoms in total. The van der Waals surface area contributed by atoms with Crippen LogP contribution >= 0.6 is 0 Å². The number of benzene rings is 4. The zero-order valence-electron chi connectivity index (χ0n) is 11.7. The fourth-order valence-electron chi connectivity index (χ4n) is 3.02. The number of fused-ring (bicyclic) bond motifs is 5. The van der Waals surface area contributed by atoms with Crippen LogP contribution < -0.4 is 0 Å². The van der Waals surface area contributed by atoms with Gasteiger partial charge in [0.1, 0.15) is 0 Å². The van der Waals surface area contributed by atoms with Crippen molar-refractivity contribution in [1.29, 1.82) is 0 Å². The standard InChI is InChI=1S/C18H6F6/c19-13-9-6-5-7-3-1-2-4-8(7)10(9)11-12(15(13)21)16(22)18(24)17(23)14(11)20/h1-6H. The molecule has 0 aliphatic rings. The Kier molecular flexibility index (Phi) is 3.00. The topological polar surface area (TPSA) is 0 Å². The van der Waals surface area contributed by atoms with E-state index in [9.17, 15) is 26.3 Å². The molecular weight excluding hydrogens is 330 g/mol. The van der Waals surface area contributed by atoms with Crippen molar-refractivity contribution in [2.45, 2.75) is 0 Å². The Morgan fingerprint density at radius 3 is 1.71 bits per heavy atom.